The minimum absolute atomic E-state index is 0.0606. The minimum atomic E-state index is -3.08. The quantitative estimate of drug-likeness (QED) is 0.530. The van der Waals surface area contributed by atoms with E-state index in [4.69, 9.17) is 16.3 Å². The van der Waals surface area contributed by atoms with E-state index in [1.54, 1.807) is 11.6 Å². The molecule has 1 N–H and O–H groups in total. The van der Waals surface area contributed by atoms with Crippen molar-refractivity contribution >= 4 is 39.4 Å². The van der Waals surface area contributed by atoms with Crippen molar-refractivity contribution in [3.8, 4) is 0 Å². The minimum Gasteiger partial charge on any atom is -0.452 e. The largest absolute Gasteiger partial charge is 0.452 e. The number of hydrogen-bond donors (Lipinski definition) is 1. The second-order valence-corrected chi connectivity index (χ2v) is 9.56. The van der Waals surface area contributed by atoms with E-state index in [1.807, 2.05) is 13.8 Å². The molecule has 0 aliphatic carbocycles. The van der Waals surface area contributed by atoms with E-state index in [1.165, 1.54) is 12.2 Å². The predicted octanol–water partition coefficient (Wildman–Crippen LogP) is 1.36. The summed E-state index contributed by atoms with van der Waals surface area (Å²) in [5.41, 5.74) is 1.31. The number of halogens is 1. The number of nitrogens with zero attached hydrogens (tertiary/aromatic N) is 2. The number of carbonyl (C=O) groups is 2. The number of nitrogens with one attached hydrogen (secondary N) is 1. The number of sulfone groups is 1. The molecule has 8 nitrogen and oxygen atoms in total. The molecule has 0 aromatic carbocycles. The zero-order valence-electron chi connectivity index (χ0n) is 15.6. The normalized spacial score (nSPS) is 18.9. The highest BCUT2D eigenvalue weighted by Gasteiger charge is 2.28. The van der Waals surface area contributed by atoms with Crippen molar-refractivity contribution in [3.05, 3.63) is 22.5 Å². The van der Waals surface area contributed by atoms with Gasteiger partial charge in [-0.05, 0) is 25.3 Å². The third-order valence-electron chi connectivity index (χ3n) is 3.98. The summed E-state index contributed by atoms with van der Waals surface area (Å²) in [6.45, 7) is 6.07. The first kappa shape index (κ1) is 21.4. The Bertz CT molecular complexity index is 845. The van der Waals surface area contributed by atoms with Gasteiger partial charge < -0.3 is 10.1 Å². The van der Waals surface area contributed by atoms with Crippen LogP contribution in [0.25, 0.3) is 6.08 Å². The van der Waals surface area contributed by atoms with Crippen LogP contribution >= 0.6 is 11.6 Å². The molecule has 0 radical (unpaired) electrons. The molecular weight excluding hydrogens is 394 g/mol. The molecule has 0 bridgehead atoms. The number of carbonyl (C=O) groups excluding carboxylic acids is 2. The van der Waals surface area contributed by atoms with Crippen molar-refractivity contribution < 1.29 is 22.7 Å². The van der Waals surface area contributed by atoms with Gasteiger partial charge in [0, 0.05) is 24.2 Å². The molecule has 27 heavy (non-hydrogen) atoms. The van der Waals surface area contributed by atoms with Crippen LogP contribution in [0.4, 0.5) is 0 Å². The maximum atomic E-state index is 11.8. The summed E-state index contributed by atoms with van der Waals surface area (Å²) in [6, 6.07) is -0.426. The van der Waals surface area contributed by atoms with Crippen LogP contribution < -0.4 is 5.32 Å². The highest BCUT2D eigenvalue weighted by Crippen LogP contribution is 2.22. The van der Waals surface area contributed by atoms with E-state index in [9.17, 15) is 18.0 Å². The van der Waals surface area contributed by atoms with Crippen molar-refractivity contribution in [3.63, 3.8) is 0 Å². The Balaban J connectivity index is 1.85. The zero-order valence-corrected chi connectivity index (χ0v) is 17.1. The van der Waals surface area contributed by atoms with Crippen LogP contribution in [-0.2, 0) is 30.7 Å². The van der Waals surface area contributed by atoms with Gasteiger partial charge in [0.15, 0.2) is 16.4 Å². The number of esters is 1. The van der Waals surface area contributed by atoms with Crippen molar-refractivity contribution in [1.29, 1.82) is 0 Å². The number of aryl methyl sites for hydroxylation is 1. The molecule has 0 saturated carbocycles. The fourth-order valence-electron chi connectivity index (χ4n) is 2.74. The Morgan fingerprint density at radius 3 is 2.74 bits per heavy atom. The van der Waals surface area contributed by atoms with Crippen molar-refractivity contribution in [2.45, 2.75) is 39.8 Å². The lowest BCUT2D eigenvalue weighted by Crippen LogP contribution is -2.38. The molecule has 1 aliphatic heterocycles. The van der Waals surface area contributed by atoms with Gasteiger partial charge in [0.25, 0.3) is 5.91 Å². The van der Waals surface area contributed by atoms with Gasteiger partial charge in [-0.1, -0.05) is 25.4 Å². The smallest absolute Gasteiger partial charge is 0.331 e. The van der Waals surface area contributed by atoms with Gasteiger partial charge in [0.05, 0.1) is 17.2 Å². The summed E-state index contributed by atoms with van der Waals surface area (Å²) < 4.78 is 29.3. The van der Waals surface area contributed by atoms with Gasteiger partial charge in [0.1, 0.15) is 5.15 Å². The van der Waals surface area contributed by atoms with Crippen LogP contribution in [0, 0.1) is 12.8 Å². The summed E-state index contributed by atoms with van der Waals surface area (Å²) in [4.78, 5) is 23.6. The molecule has 10 heteroatoms. The summed E-state index contributed by atoms with van der Waals surface area (Å²) in [6.07, 6.45) is 3.06. The molecule has 1 aromatic rings. The van der Waals surface area contributed by atoms with E-state index >= 15 is 0 Å². The second kappa shape index (κ2) is 8.88. The molecule has 0 spiro atoms. The number of ether oxygens (including phenoxy) is 1. The van der Waals surface area contributed by atoms with Gasteiger partial charge in [-0.15, -0.1) is 0 Å². The molecular formula is C17H24ClN3O5S. The number of rotatable bonds is 7. The molecule has 1 fully saturated rings. The monoisotopic (exact) mass is 417 g/mol. The third-order valence-corrected chi connectivity index (χ3v) is 6.14. The van der Waals surface area contributed by atoms with E-state index in [-0.39, 0.29) is 11.5 Å². The molecule has 1 saturated heterocycles. The van der Waals surface area contributed by atoms with Crippen LogP contribution in [0.5, 0.6) is 0 Å². The average molecular weight is 418 g/mol. The lowest BCUT2D eigenvalue weighted by Gasteiger charge is -2.10. The van der Waals surface area contributed by atoms with E-state index in [2.05, 4.69) is 10.4 Å². The van der Waals surface area contributed by atoms with Crippen LogP contribution in [0.2, 0.25) is 5.15 Å². The van der Waals surface area contributed by atoms with Crippen molar-refractivity contribution in [2.75, 3.05) is 18.1 Å². The van der Waals surface area contributed by atoms with Crippen LogP contribution in [-0.4, -0.2) is 54.2 Å². The molecule has 0 unspecified atom stereocenters. The maximum Gasteiger partial charge on any atom is 0.331 e. The first-order valence-corrected chi connectivity index (χ1v) is 10.8. The van der Waals surface area contributed by atoms with Gasteiger partial charge in [-0.3, -0.25) is 9.48 Å². The highest BCUT2D eigenvalue weighted by atomic mass is 35.5. The standard InChI is InChI=1S/C17H24ClN3O5S/c1-11(2)8-21-17(18)14(12(3)20-21)4-5-16(23)26-9-15(22)19-13-6-7-27(24,25)10-13/h4-5,11,13H,6-10H2,1-3H3,(H,19,22)/b5-4+/t13-/m1/s1. The van der Waals surface area contributed by atoms with E-state index in [0.717, 1.165) is 0 Å². The Morgan fingerprint density at radius 2 is 2.15 bits per heavy atom. The van der Waals surface area contributed by atoms with Crippen molar-refractivity contribution in [1.82, 2.24) is 15.1 Å². The average Bonchev–Trinajstić information content (AvgIpc) is 3.02. The molecule has 1 aliphatic rings. The van der Waals surface area contributed by atoms with Crippen LogP contribution in [0.15, 0.2) is 6.08 Å². The van der Waals surface area contributed by atoms with E-state index < -0.39 is 34.4 Å². The second-order valence-electron chi connectivity index (χ2n) is 6.97. The summed E-state index contributed by atoms with van der Waals surface area (Å²) in [5.74, 6) is -0.874. The maximum absolute atomic E-state index is 11.8. The molecule has 2 heterocycles. The first-order chi connectivity index (χ1) is 12.6. The number of amides is 1. The Labute approximate surface area is 163 Å². The van der Waals surface area contributed by atoms with Crippen molar-refractivity contribution in [2.24, 2.45) is 5.92 Å². The summed E-state index contributed by atoms with van der Waals surface area (Å²) >= 11 is 6.29. The predicted molar refractivity (Wildman–Crippen MR) is 102 cm³/mol. The van der Waals surface area contributed by atoms with Gasteiger partial charge in [0.2, 0.25) is 0 Å². The Kier molecular flexibility index (Phi) is 7.05. The lowest BCUT2D eigenvalue weighted by atomic mass is 10.2. The zero-order chi connectivity index (χ0) is 20.2. The molecule has 150 valence electrons. The molecule has 1 aromatic heterocycles. The van der Waals surface area contributed by atoms with Gasteiger partial charge in [-0.2, -0.15) is 5.10 Å². The Hall–Kier alpha value is -1.87. The topological polar surface area (TPSA) is 107 Å². The molecule has 1 amide bonds. The number of hydrogen-bond acceptors (Lipinski definition) is 6. The summed E-state index contributed by atoms with van der Waals surface area (Å²) in [7, 11) is -3.08. The van der Waals surface area contributed by atoms with Crippen LogP contribution in [0.1, 0.15) is 31.5 Å². The summed E-state index contributed by atoms with van der Waals surface area (Å²) in [5, 5.41) is 7.32. The third kappa shape index (κ3) is 6.35. The Morgan fingerprint density at radius 1 is 1.44 bits per heavy atom. The van der Waals surface area contributed by atoms with Crippen LogP contribution in [0.3, 0.4) is 0 Å². The fraction of sp³-hybridized carbons (Fsp3) is 0.588. The number of aromatic nitrogens is 2. The first-order valence-electron chi connectivity index (χ1n) is 8.65. The fourth-order valence-corrected chi connectivity index (χ4v) is 4.72. The van der Waals surface area contributed by atoms with E-state index in [0.29, 0.717) is 35.3 Å². The molecule has 1 atom stereocenters. The van der Waals surface area contributed by atoms with Gasteiger partial charge >= 0.3 is 5.97 Å². The lowest BCUT2D eigenvalue weighted by molar-refractivity contribution is -0.143. The SMILES string of the molecule is Cc1nn(CC(C)C)c(Cl)c1/C=C/C(=O)OCC(=O)N[C@@H]1CCS(=O)(=O)C1. The highest BCUT2D eigenvalue weighted by molar-refractivity contribution is 7.91. The molecule has 2 rings (SSSR count). The van der Waals surface area contributed by atoms with Gasteiger partial charge in [-0.25, -0.2) is 13.2 Å².